The monoisotopic (exact) mass is 298 g/mol. The quantitative estimate of drug-likeness (QED) is 0.799. The molecule has 120 valence electrons. The highest BCUT2D eigenvalue weighted by Crippen LogP contribution is 2.25. The molecule has 6 nitrogen and oxygen atoms in total. The molecule has 0 aliphatic carbocycles. The fourth-order valence-corrected chi connectivity index (χ4v) is 2.72. The highest BCUT2D eigenvalue weighted by molar-refractivity contribution is 5.92. The zero-order valence-electron chi connectivity index (χ0n) is 13.5. The summed E-state index contributed by atoms with van der Waals surface area (Å²) < 4.78 is 0. The molecule has 1 atom stereocenters. The topological polar surface area (TPSA) is 77.9 Å². The van der Waals surface area contributed by atoms with Gasteiger partial charge in [-0.15, -0.1) is 0 Å². The summed E-state index contributed by atoms with van der Waals surface area (Å²) in [5.74, 6) is -1.40. The van der Waals surface area contributed by atoms with Crippen LogP contribution in [0.1, 0.15) is 41.0 Å². The SMILES string of the molecule is CCN(C(=O)C1CC(=O)N(CC(C)C)C1)C(C)(C)C(=O)O. The highest BCUT2D eigenvalue weighted by atomic mass is 16.4. The minimum absolute atomic E-state index is 0.0220. The number of carboxylic acid groups (broad SMARTS) is 1. The predicted octanol–water partition coefficient (Wildman–Crippen LogP) is 1.20. The van der Waals surface area contributed by atoms with Crippen LogP contribution in [0.4, 0.5) is 0 Å². The number of nitrogens with zero attached hydrogens (tertiary/aromatic N) is 2. The van der Waals surface area contributed by atoms with Gasteiger partial charge in [0, 0.05) is 26.1 Å². The lowest BCUT2D eigenvalue weighted by Crippen LogP contribution is -2.54. The number of likely N-dealkylation sites (tertiary alicyclic amines) is 1. The third-order valence-corrected chi connectivity index (χ3v) is 3.93. The smallest absolute Gasteiger partial charge is 0.329 e. The van der Waals surface area contributed by atoms with E-state index in [1.54, 1.807) is 11.8 Å². The number of carbonyl (C=O) groups is 3. The van der Waals surface area contributed by atoms with Gasteiger partial charge in [0.15, 0.2) is 0 Å². The van der Waals surface area contributed by atoms with E-state index in [0.717, 1.165) is 0 Å². The first-order chi connectivity index (χ1) is 9.61. The molecule has 1 saturated heterocycles. The summed E-state index contributed by atoms with van der Waals surface area (Å²) in [7, 11) is 0. The molecular weight excluding hydrogens is 272 g/mol. The second kappa shape index (κ2) is 6.45. The number of hydrogen-bond acceptors (Lipinski definition) is 3. The molecule has 0 radical (unpaired) electrons. The first-order valence-electron chi connectivity index (χ1n) is 7.43. The molecule has 6 heteroatoms. The molecule has 1 aliphatic heterocycles. The van der Waals surface area contributed by atoms with Crippen LogP contribution < -0.4 is 0 Å². The third kappa shape index (κ3) is 3.74. The Morgan fingerprint density at radius 1 is 1.43 bits per heavy atom. The fraction of sp³-hybridized carbons (Fsp3) is 0.800. The molecule has 0 saturated carbocycles. The van der Waals surface area contributed by atoms with E-state index in [4.69, 9.17) is 0 Å². The van der Waals surface area contributed by atoms with Crippen LogP contribution >= 0.6 is 0 Å². The Labute approximate surface area is 126 Å². The molecule has 1 unspecified atom stereocenters. The van der Waals surface area contributed by atoms with Crippen LogP contribution in [0.15, 0.2) is 0 Å². The normalized spacial score (nSPS) is 19.2. The predicted molar refractivity (Wildman–Crippen MR) is 78.6 cm³/mol. The van der Waals surface area contributed by atoms with Gasteiger partial charge in [-0.05, 0) is 26.7 Å². The van der Waals surface area contributed by atoms with E-state index in [0.29, 0.717) is 25.6 Å². The summed E-state index contributed by atoms with van der Waals surface area (Å²) in [5.41, 5.74) is -1.26. The van der Waals surface area contributed by atoms with Gasteiger partial charge in [-0.1, -0.05) is 13.8 Å². The van der Waals surface area contributed by atoms with Gasteiger partial charge in [0.1, 0.15) is 5.54 Å². The van der Waals surface area contributed by atoms with E-state index in [-0.39, 0.29) is 18.2 Å². The number of amides is 2. The van der Waals surface area contributed by atoms with E-state index in [2.05, 4.69) is 0 Å². The summed E-state index contributed by atoms with van der Waals surface area (Å²) >= 11 is 0. The molecule has 2 amide bonds. The number of aliphatic carboxylic acids is 1. The van der Waals surface area contributed by atoms with Crippen molar-refractivity contribution < 1.29 is 19.5 Å². The molecular formula is C15H26N2O4. The Morgan fingerprint density at radius 2 is 2.00 bits per heavy atom. The molecule has 0 aromatic heterocycles. The van der Waals surface area contributed by atoms with E-state index >= 15 is 0 Å². The maximum Gasteiger partial charge on any atom is 0.329 e. The van der Waals surface area contributed by atoms with Crippen molar-refractivity contribution >= 4 is 17.8 Å². The Balaban J connectivity index is 2.84. The maximum absolute atomic E-state index is 12.6. The summed E-state index contributed by atoms with van der Waals surface area (Å²) in [6.45, 7) is 10.2. The average molecular weight is 298 g/mol. The molecule has 0 spiro atoms. The Kier molecular flexibility index (Phi) is 5.36. The Bertz CT molecular complexity index is 431. The van der Waals surface area contributed by atoms with Crippen LogP contribution in [-0.4, -0.2) is 57.9 Å². The third-order valence-electron chi connectivity index (χ3n) is 3.93. The minimum atomic E-state index is -1.26. The van der Waals surface area contributed by atoms with Crippen molar-refractivity contribution in [3.8, 4) is 0 Å². The van der Waals surface area contributed by atoms with Gasteiger partial charge in [-0.3, -0.25) is 9.59 Å². The van der Waals surface area contributed by atoms with Gasteiger partial charge in [-0.25, -0.2) is 4.79 Å². The van der Waals surface area contributed by atoms with Crippen LogP contribution in [0.5, 0.6) is 0 Å². The number of carbonyl (C=O) groups excluding carboxylic acids is 2. The Hall–Kier alpha value is -1.59. The number of carboxylic acids is 1. The van der Waals surface area contributed by atoms with Crippen molar-refractivity contribution in [2.45, 2.75) is 46.6 Å². The van der Waals surface area contributed by atoms with E-state index in [1.807, 2.05) is 13.8 Å². The van der Waals surface area contributed by atoms with Gasteiger partial charge in [0.2, 0.25) is 11.8 Å². The lowest BCUT2D eigenvalue weighted by Gasteiger charge is -2.35. The van der Waals surface area contributed by atoms with Crippen LogP contribution in [-0.2, 0) is 14.4 Å². The molecule has 1 rings (SSSR count). The van der Waals surface area contributed by atoms with Gasteiger partial charge in [0.25, 0.3) is 0 Å². The zero-order chi connectivity index (χ0) is 16.4. The molecule has 1 fully saturated rings. The first-order valence-corrected chi connectivity index (χ1v) is 7.43. The first kappa shape index (κ1) is 17.5. The van der Waals surface area contributed by atoms with Gasteiger partial charge >= 0.3 is 5.97 Å². The van der Waals surface area contributed by atoms with Crippen molar-refractivity contribution in [2.24, 2.45) is 11.8 Å². The molecule has 0 aromatic rings. The summed E-state index contributed by atoms with van der Waals surface area (Å²) in [4.78, 5) is 38.9. The summed E-state index contributed by atoms with van der Waals surface area (Å²) in [5, 5.41) is 9.29. The van der Waals surface area contributed by atoms with E-state index in [1.165, 1.54) is 18.7 Å². The van der Waals surface area contributed by atoms with Gasteiger partial charge in [-0.2, -0.15) is 0 Å². The van der Waals surface area contributed by atoms with Crippen molar-refractivity contribution in [1.82, 2.24) is 9.80 Å². The number of hydrogen-bond donors (Lipinski definition) is 1. The van der Waals surface area contributed by atoms with Crippen LogP contribution in [0.3, 0.4) is 0 Å². The van der Waals surface area contributed by atoms with Crippen LogP contribution in [0.25, 0.3) is 0 Å². The fourth-order valence-electron chi connectivity index (χ4n) is 2.72. The van der Waals surface area contributed by atoms with Crippen molar-refractivity contribution in [1.29, 1.82) is 0 Å². The molecule has 21 heavy (non-hydrogen) atoms. The Morgan fingerprint density at radius 3 is 2.43 bits per heavy atom. The largest absolute Gasteiger partial charge is 0.480 e. The van der Waals surface area contributed by atoms with Gasteiger partial charge in [0.05, 0.1) is 5.92 Å². The summed E-state index contributed by atoms with van der Waals surface area (Å²) in [6, 6.07) is 0. The van der Waals surface area contributed by atoms with Crippen molar-refractivity contribution in [3.05, 3.63) is 0 Å². The lowest BCUT2D eigenvalue weighted by molar-refractivity contribution is -0.158. The maximum atomic E-state index is 12.6. The second-order valence-electron chi connectivity index (χ2n) is 6.54. The molecule has 1 heterocycles. The standard InChI is InChI=1S/C15H26N2O4/c1-6-17(15(4,5)14(20)21)13(19)11-7-12(18)16(9-11)8-10(2)3/h10-11H,6-9H2,1-5H3,(H,20,21). The van der Waals surface area contributed by atoms with Crippen molar-refractivity contribution in [2.75, 3.05) is 19.6 Å². The van der Waals surface area contributed by atoms with E-state index in [9.17, 15) is 19.5 Å². The molecule has 0 aromatic carbocycles. The number of rotatable bonds is 6. The average Bonchev–Trinajstić information content (AvgIpc) is 2.70. The second-order valence-corrected chi connectivity index (χ2v) is 6.54. The molecule has 1 aliphatic rings. The molecule has 0 bridgehead atoms. The minimum Gasteiger partial charge on any atom is -0.480 e. The zero-order valence-corrected chi connectivity index (χ0v) is 13.5. The number of likely N-dealkylation sites (N-methyl/N-ethyl adjacent to an activating group) is 1. The van der Waals surface area contributed by atoms with Crippen LogP contribution in [0.2, 0.25) is 0 Å². The van der Waals surface area contributed by atoms with Crippen molar-refractivity contribution in [3.63, 3.8) is 0 Å². The highest BCUT2D eigenvalue weighted by Gasteiger charge is 2.43. The lowest BCUT2D eigenvalue weighted by atomic mass is 9.99. The van der Waals surface area contributed by atoms with E-state index < -0.39 is 17.4 Å². The van der Waals surface area contributed by atoms with Crippen LogP contribution in [0, 0.1) is 11.8 Å². The molecule has 1 N–H and O–H groups in total. The van der Waals surface area contributed by atoms with Gasteiger partial charge < -0.3 is 14.9 Å². The summed E-state index contributed by atoms with van der Waals surface area (Å²) in [6.07, 6.45) is 0.178.